The minimum absolute atomic E-state index is 0.185. The Morgan fingerprint density at radius 2 is 2.02 bits per heavy atom. The van der Waals surface area contributed by atoms with Crippen LogP contribution in [-0.4, -0.2) is 56.7 Å². The third-order valence-electron chi connectivity index (χ3n) is 5.62. The van der Waals surface area contributed by atoms with Crippen LogP contribution in [-0.2, 0) is 4.79 Å². The molecule has 0 unspecified atom stereocenters. The van der Waals surface area contributed by atoms with Gasteiger partial charge < -0.3 is 30.3 Å². The Hall–Kier alpha value is -4.52. The number of amides is 1. The number of rotatable bonds is 13. The van der Waals surface area contributed by atoms with Gasteiger partial charge in [0.2, 0.25) is 5.91 Å². The molecule has 0 aliphatic heterocycles. The van der Waals surface area contributed by atoms with Crippen LogP contribution < -0.4 is 25.4 Å². The Bertz CT molecular complexity index is 1480. The number of hydrogen-bond acceptors (Lipinski definition) is 8. The third kappa shape index (κ3) is 7.99. The number of carbonyl (C=O) groups excluding carboxylic acids is 1. The molecule has 0 spiro atoms. The fourth-order valence-corrected chi connectivity index (χ4v) is 3.95. The Morgan fingerprint density at radius 3 is 2.67 bits per heavy atom. The predicted molar refractivity (Wildman–Crippen MR) is 162 cm³/mol. The number of ether oxygens (including phenoxy) is 2. The predicted octanol–water partition coefficient (Wildman–Crippen LogP) is 5.63. The lowest BCUT2D eigenvalue weighted by molar-refractivity contribution is -0.111. The second kappa shape index (κ2) is 14.6. The van der Waals surface area contributed by atoms with E-state index in [9.17, 15) is 10.1 Å². The number of hydrogen-bond donors (Lipinski definition) is 3. The number of benzene rings is 2. The Morgan fingerprint density at radius 1 is 1.23 bits per heavy atom. The van der Waals surface area contributed by atoms with Crippen molar-refractivity contribution in [2.75, 3.05) is 51.5 Å². The number of likely N-dealkylation sites (N-methyl/N-ethyl adjacent to an activating group) is 2. The maximum absolute atomic E-state index is 12.6. The fraction of sp³-hybridized carbons (Fsp3) is 0.233. The second-order valence-corrected chi connectivity index (χ2v) is 9.26. The van der Waals surface area contributed by atoms with Crippen LogP contribution in [0.3, 0.4) is 0 Å². The van der Waals surface area contributed by atoms with Crippen molar-refractivity contribution in [2.45, 2.75) is 6.92 Å². The molecular formula is C30H33ClN6O3. The van der Waals surface area contributed by atoms with E-state index in [2.05, 4.69) is 33.6 Å². The van der Waals surface area contributed by atoms with Crippen LogP contribution in [0.25, 0.3) is 10.8 Å². The van der Waals surface area contributed by atoms with Crippen molar-refractivity contribution < 1.29 is 14.3 Å². The van der Waals surface area contributed by atoms with Gasteiger partial charge in [0.15, 0.2) is 5.69 Å². The highest BCUT2D eigenvalue weighted by atomic mass is 35.5. The molecule has 208 valence electrons. The van der Waals surface area contributed by atoms with Crippen LogP contribution in [0.15, 0.2) is 73.1 Å². The van der Waals surface area contributed by atoms with E-state index in [1.54, 1.807) is 55.7 Å². The molecule has 0 aliphatic rings. The van der Waals surface area contributed by atoms with Gasteiger partial charge in [-0.2, -0.15) is 5.26 Å². The van der Waals surface area contributed by atoms with Gasteiger partial charge in [0, 0.05) is 48.0 Å². The molecule has 2 aromatic carbocycles. The van der Waals surface area contributed by atoms with Gasteiger partial charge in [-0.05, 0) is 57.4 Å². The molecule has 9 nitrogen and oxygen atoms in total. The number of aromatic nitrogens is 1. The van der Waals surface area contributed by atoms with Gasteiger partial charge in [0.25, 0.3) is 0 Å². The Labute approximate surface area is 239 Å². The Kier molecular flexibility index (Phi) is 10.9. The van der Waals surface area contributed by atoms with Crippen molar-refractivity contribution in [3.63, 3.8) is 0 Å². The van der Waals surface area contributed by atoms with Crippen molar-refractivity contribution in [2.24, 2.45) is 0 Å². The van der Waals surface area contributed by atoms with Gasteiger partial charge in [-0.25, -0.2) is 4.98 Å². The molecule has 1 aromatic heterocycles. The monoisotopic (exact) mass is 560 g/mol. The molecular weight excluding hydrogens is 528 g/mol. The molecule has 3 N–H and O–H groups in total. The summed E-state index contributed by atoms with van der Waals surface area (Å²) in [6, 6.07) is 10.9. The van der Waals surface area contributed by atoms with E-state index in [-0.39, 0.29) is 11.6 Å². The number of allylic oxidation sites excluding steroid dienone is 2. The third-order valence-corrected chi connectivity index (χ3v) is 5.91. The smallest absolute Gasteiger partial charge is 0.248 e. The summed E-state index contributed by atoms with van der Waals surface area (Å²) in [5.41, 5.74) is 2.60. The van der Waals surface area contributed by atoms with Crippen molar-refractivity contribution in [1.29, 1.82) is 5.26 Å². The van der Waals surface area contributed by atoms with Gasteiger partial charge in [-0.1, -0.05) is 30.3 Å². The first-order valence-electron chi connectivity index (χ1n) is 12.6. The van der Waals surface area contributed by atoms with Crippen molar-refractivity contribution in [3.05, 3.63) is 83.8 Å². The molecule has 0 saturated heterocycles. The van der Waals surface area contributed by atoms with Gasteiger partial charge >= 0.3 is 0 Å². The molecule has 10 heteroatoms. The summed E-state index contributed by atoms with van der Waals surface area (Å²) >= 11 is 6.51. The summed E-state index contributed by atoms with van der Waals surface area (Å²) in [5.74, 6) is 0.707. The largest absolute Gasteiger partial charge is 0.492 e. The minimum atomic E-state index is -0.294. The van der Waals surface area contributed by atoms with Crippen molar-refractivity contribution in [1.82, 2.24) is 15.2 Å². The first kappa shape index (κ1) is 30.0. The molecule has 0 fully saturated rings. The maximum Gasteiger partial charge on any atom is 0.248 e. The van der Waals surface area contributed by atoms with Crippen LogP contribution >= 0.6 is 11.6 Å². The average Bonchev–Trinajstić information content (AvgIpc) is 2.92. The highest BCUT2D eigenvalue weighted by molar-refractivity contribution is 6.32. The van der Waals surface area contributed by atoms with E-state index in [4.69, 9.17) is 21.1 Å². The van der Waals surface area contributed by atoms with E-state index in [0.29, 0.717) is 58.7 Å². The lowest BCUT2D eigenvalue weighted by Gasteiger charge is -2.16. The second-order valence-electron chi connectivity index (χ2n) is 8.85. The summed E-state index contributed by atoms with van der Waals surface area (Å²) in [7, 11) is 5.64. The SMILES string of the molecule is C=C/C=C(/COc1ccc(Nc2c(C#N)ncc3cc(OCC)c(NC(=O)/C=C/CN(C)C)cc23)cc1Cl)NC. The topological polar surface area (TPSA) is 112 Å². The zero-order chi connectivity index (χ0) is 29.1. The van der Waals surface area contributed by atoms with Crippen molar-refractivity contribution >= 4 is 45.3 Å². The van der Waals surface area contributed by atoms with E-state index in [1.165, 1.54) is 6.08 Å². The van der Waals surface area contributed by atoms with Crippen LogP contribution in [0.1, 0.15) is 12.6 Å². The number of nitriles is 1. The number of nitrogens with one attached hydrogen (secondary N) is 3. The summed E-state index contributed by atoms with van der Waals surface area (Å²) in [4.78, 5) is 18.9. The molecule has 0 aliphatic carbocycles. The number of pyridine rings is 1. The highest BCUT2D eigenvalue weighted by Gasteiger charge is 2.16. The van der Waals surface area contributed by atoms with E-state index in [0.717, 1.165) is 11.1 Å². The molecule has 3 rings (SSSR count). The van der Waals surface area contributed by atoms with Gasteiger partial charge in [0.1, 0.15) is 24.2 Å². The van der Waals surface area contributed by atoms with Crippen LogP contribution in [0.5, 0.6) is 11.5 Å². The quantitative estimate of drug-likeness (QED) is 0.182. The van der Waals surface area contributed by atoms with E-state index < -0.39 is 0 Å². The lowest BCUT2D eigenvalue weighted by atomic mass is 10.1. The van der Waals surface area contributed by atoms with Gasteiger partial charge in [-0.3, -0.25) is 4.79 Å². The number of carbonyl (C=O) groups is 1. The molecule has 40 heavy (non-hydrogen) atoms. The maximum atomic E-state index is 12.6. The molecule has 1 amide bonds. The molecule has 0 bridgehead atoms. The number of anilines is 3. The summed E-state index contributed by atoms with van der Waals surface area (Å²) in [6.07, 6.45) is 8.34. The molecule has 0 radical (unpaired) electrons. The molecule has 0 atom stereocenters. The van der Waals surface area contributed by atoms with Crippen LogP contribution in [0.4, 0.5) is 17.1 Å². The van der Waals surface area contributed by atoms with Gasteiger partial charge in [-0.15, -0.1) is 0 Å². The fourth-order valence-electron chi connectivity index (χ4n) is 3.72. The van der Waals surface area contributed by atoms with Gasteiger partial charge in [0.05, 0.1) is 23.0 Å². The number of fused-ring (bicyclic) bond motifs is 1. The van der Waals surface area contributed by atoms with Crippen molar-refractivity contribution in [3.8, 4) is 17.6 Å². The number of halogens is 1. The average molecular weight is 561 g/mol. The minimum Gasteiger partial charge on any atom is -0.492 e. The zero-order valence-corrected chi connectivity index (χ0v) is 23.8. The summed E-state index contributed by atoms with van der Waals surface area (Å²) in [5, 5.41) is 20.8. The highest BCUT2D eigenvalue weighted by Crippen LogP contribution is 2.37. The molecule has 1 heterocycles. The molecule has 3 aromatic rings. The molecule has 0 saturated carbocycles. The van der Waals surface area contributed by atoms with Crippen LogP contribution in [0.2, 0.25) is 5.02 Å². The summed E-state index contributed by atoms with van der Waals surface area (Å²) in [6.45, 7) is 6.89. The summed E-state index contributed by atoms with van der Waals surface area (Å²) < 4.78 is 11.6. The Balaban J connectivity index is 1.97. The zero-order valence-electron chi connectivity index (χ0n) is 23.0. The normalized spacial score (nSPS) is 11.4. The first-order valence-corrected chi connectivity index (χ1v) is 13.0. The van der Waals surface area contributed by atoms with E-state index >= 15 is 0 Å². The van der Waals surface area contributed by atoms with E-state index in [1.807, 2.05) is 32.0 Å². The standard InChI is InChI=1S/C30H33ClN6O3/c1-6-9-22(33-3)19-40-27-12-11-21(15-24(27)31)35-30-23-16-25(36-29(38)10-8-13-37(4)5)28(39-7-2)14-20(23)18-34-26(30)17-32/h6,8-12,14-16,18,33,35H,1,7,13,19H2,2-5H3,(H,36,38)/b10-8+,22-9-. The first-order chi connectivity index (χ1) is 19.3. The van der Waals surface area contributed by atoms with Crippen LogP contribution in [0, 0.1) is 11.3 Å². The number of nitrogens with zero attached hydrogens (tertiary/aromatic N) is 3. The lowest BCUT2D eigenvalue weighted by Crippen LogP contribution is -2.14.